The number of anilines is 1. The van der Waals surface area contributed by atoms with Crippen LogP contribution in [0.3, 0.4) is 0 Å². The lowest BCUT2D eigenvalue weighted by Gasteiger charge is -2.21. The van der Waals surface area contributed by atoms with Gasteiger partial charge in [-0.2, -0.15) is 0 Å². The molecular weight excluding hydrogens is 289 g/mol. The Morgan fingerprint density at radius 3 is 3.00 bits per heavy atom. The fourth-order valence-corrected chi connectivity index (χ4v) is 2.14. The third-order valence-corrected chi connectivity index (χ3v) is 3.33. The van der Waals surface area contributed by atoms with Gasteiger partial charge in [0.05, 0.1) is 17.0 Å². The van der Waals surface area contributed by atoms with Crippen molar-refractivity contribution in [3.8, 4) is 0 Å². The van der Waals surface area contributed by atoms with Crippen LogP contribution in [0.25, 0.3) is 0 Å². The predicted molar refractivity (Wildman–Crippen MR) is 66.3 cm³/mol. The first-order valence-corrected chi connectivity index (χ1v) is 6.30. The van der Waals surface area contributed by atoms with E-state index in [0.29, 0.717) is 16.8 Å². The molecule has 1 atom stereocenters. The quantitative estimate of drug-likeness (QED) is 0.912. The summed E-state index contributed by atoms with van der Waals surface area (Å²) in [6.07, 6.45) is 1.75. The van der Waals surface area contributed by atoms with E-state index >= 15 is 0 Å². The van der Waals surface area contributed by atoms with Gasteiger partial charge in [0.2, 0.25) is 5.91 Å². The van der Waals surface area contributed by atoms with Crippen molar-refractivity contribution in [2.75, 3.05) is 18.5 Å². The topological polar surface area (TPSA) is 38.3 Å². The van der Waals surface area contributed by atoms with Crippen LogP contribution in [-0.2, 0) is 9.53 Å². The van der Waals surface area contributed by atoms with Gasteiger partial charge in [-0.25, -0.2) is 4.39 Å². The fourth-order valence-electron chi connectivity index (χ4n) is 1.77. The minimum Gasteiger partial charge on any atom is -0.381 e. The van der Waals surface area contributed by atoms with E-state index in [2.05, 4.69) is 21.2 Å². The number of benzene rings is 1. The number of hydrogen-bond donors (Lipinski definition) is 1. The smallest absolute Gasteiger partial charge is 0.229 e. The lowest BCUT2D eigenvalue weighted by Crippen LogP contribution is -2.30. The van der Waals surface area contributed by atoms with Gasteiger partial charge in [-0.1, -0.05) is 0 Å². The molecule has 0 saturated carbocycles. The Balaban J connectivity index is 1.99. The molecule has 5 heteroatoms. The third kappa shape index (κ3) is 3.26. The Labute approximate surface area is 107 Å². The largest absolute Gasteiger partial charge is 0.381 e. The van der Waals surface area contributed by atoms with Crippen molar-refractivity contribution in [3.63, 3.8) is 0 Å². The van der Waals surface area contributed by atoms with Gasteiger partial charge in [0, 0.05) is 12.3 Å². The molecule has 1 aliphatic rings. The highest BCUT2D eigenvalue weighted by Crippen LogP contribution is 2.21. The highest BCUT2D eigenvalue weighted by Gasteiger charge is 2.21. The van der Waals surface area contributed by atoms with Crippen LogP contribution in [-0.4, -0.2) is 19.1 Å². The van der Waals surface area contributed by atoms with Crippen LogP contribution in [0.1, 0.15) is 12.8 Å². The zero-order valence-electron chi connectivity index (χ0n) is 9.21. The molecule has 0 spiro atoms. The van der Waals surface area contributed by atoms with Crippen molar-refractivity contribution in [3.05, 3.63) is 28.5 Å². The van der Waals surface area contributed by atoms with Crippen LogP contribution in [0.15, 0.2) is 22.7 Å². The second-order valence-electron chi connectivity index (χ2n) is 4.03. The molecule has 3 nitrogen and oxygen atoms in total. The maximum Gasteiger partial charge on any atom is 0.229 e. The molecular formula is C12H13BrFNO2. The second kappa shape index (κ2) is 5.60. The standard InChI is InChI=1S/C12H13BrFNO2/c13-10-6-9(3-4-11(10)14)15-12(16)8-2-1-5-17-7-8/h3-4,6,8H,1-2,5,7H2,(H,15,16). The Kier molecular flexibility index (Phi) is 4.12. The average Bonchev–Trinajstić information content (AvgIpc) is 2.35. The first kappa shape index (κ1) is 12.5. The fraction of sp³-hybridized carbons (Fsp3) is 0.417. The van der Waals surface area contributed by atoms with Gasteiger partial charge in [0.1, 0.15) is 5.82 Å². The number of carbonyl (C=O) groups is 1. The summed E-state index contributed by atoms with van der Waals surface area (Å²) in [5, 5.41) is 2.76. The predicted octanol–water partition coefficient (Wildman–Crippen LogP) is 2.95. The summed E-state index contributed by atoms with van der Waals surface area (Å²) in [6.45, 7) is 1.19. The first-order valence-electron chi connectivity index (χ1n) is 5.50. The Morgan fingerprint density at radius 1 is 1.53 bits per heavy atom. The van der Waals surface area contributed by atoms with E-state index in [1.54, 1.807) is 12.1 Å². The SMILES string of the molecule is O=C(Nc1ccc(F)c(Br)c1)C1CCCOC1. The van der Waals surface area contributed by atoms with Gasteiger partial charge >= 0.3 is 0 Å². The van der Waals surface area contributed by atoms with Crippen LogP contribution in [0, 0.1) is 11.7 Å². The molecule has 1 aliphatic heterocycles. The van der Waals surface area contributed by atoms with Crippen molar-refractivity contribution in [1.82, 2.24) is 0 Å². The lowest BCUT2D eigenvalue weighted by molar-refractivity contribution is -0.123. The molecule has 1 aromatic carbocycles. The number of ether oxygens (including phenoxy) is 1. The summed E-state index contributed by atoms with van der Waals surface area (Å²) in [5.74, 6) is -0.514. The number of nitrogens with one attached hydrogen (secondary N) is 1. The Morgan fingerprint density at radius 2 is 2.35 bits per heavy atom. The summed E-state index contributed by atoms with van der Waals surface area (Å²) >= 11 is 3.08. The molecule has 17 heavy (non-hydrogen) atoms. The summed E-state index contributed by atoms with van der Waals surface area (Å²) < 4.78 is 18.6. The van der Waals surface area contributed by atoms with Crippen molar-refractivity contribution in [2.24, 2.45) is 5.92 Å². The molecule has 1 fully saturated rings. The molecule has 1 N–H and O–H groups in total. The molecule has 1 aromatic rings. The molecule has 1 unspecified atom stereocenters. The van der Waals surface area contributed by atoms with Crippen molar-refractivity contribution < 1.29 is 13.9 Å². The maximum absolute atomic E-state index is 13.0. The van der Waals surface area contributed by atoms with Crippen LogP contribution in [0.5, 0.6) is 0 Å². The first-order chi connectivity index (χ1) is 8.16. The minimum atomic E-state index is -0.344. The number of hydrogen-bond acceptors (Lipinski definition) is 2. The highest BCUT2D eigenvalue weighted by atomic mass is 79.9. The van der Waals surface area contributed by atoms with E-state index in [-0.39, 0.29) is 17.6 Å². The zero-order valence-corrected chi connectivity index (χ0v) is 10.8. The Bertz CT molecular complexity index is 419. The number of carbonyl (C=O) groups excluding carboxylic acids is 1. The second-order valence-corrected chi connectivity index (χ2v) is 4.89. The van der Waals surface area contributed by atoms with E-state index in [0.717, 1.165) is 19.4 Å². The molecule has 2 rings (SSSR count). The van der Waals surface area contributed by atoms with E-state index in [9.17, 15) is 9.18 Å². The van der Waals surface area contributed by atoms with Gasteiger partial charge in [0.25, 0.3) is 0 Å². The van der Waals surface area contributed by atoms with Gasteiger partial charge in [-0.3, -0.25) is 4.79 Å². The van der Waals surface area contributed by atoms with E-state index in [1.807, 2.05) is 0 Å². The molecule has 0 radical (unpaired) electrons. The molecule has 0 aliphatic carbocycles. The summed E-state index contributed by atoms with van der Waals surface area (Å²) in [4.78, 5) is 11.9. The normalized spacial score (nSPS) is 20.0. The van der Waals surface area contributed by atoms with E-state index in [1.165, 1.54) is 6.07 Å². The van der Waals surface area contributed by atoms with Crippen molar-refractivity contribution >= 4 is 27.5 Å². The van der Waals surface area contributed by atoms with E-state index in [4.69, 9.17) is 4.74 Å². The van der Waals surface area contributed by atoms with Gasteiger partial charge in [-0.05, 0) is 47.0 Å². The lowest BCUT2D eigenvalue weighted by atomic mass is 10.0. The van der Waals surface area contributed by atoms with Crippen LogP contribution >= 0.6 is 15.9 Å². The summed E-state index contributed by atoms with van der Waals surface area (Å²) in [5.41, 5.74) is 0.592. The number of rotatable bonds is 2. The van der Waals surface area contributed by atoms with Crippen molar-refractivity contribution in [2.45, 2.75) is 12.8 Å². The molecule has 1 heterocycles. The zero-order chi connectivity index (χ0) is 12.3. The average molecular weight is 302 g/mol. The number of amides is 1. The van der Waals surface area contributed by atoms with Gasteiger partial charge < -0.3 is 10.1 Å². The maximum atomic E-state index is 13.0. The molecule has 1 amide bonds. The molecule has 0 bridgehead atoms. The molecule has 0 aromatic heterocycles. The van der Waals surface area contributed by atoms with Crippen LogP contribution in [0.2, 0.25) is 0 Å². The summed E-state index contributed by atoms with van der Waals surface area (Å²) in [7, 11) is 0. The van der Waals surface area contributed by atoms with Gasteiger partial charge in [0.15, 0.2) is 0 Å². The van der Waals surface area contributed by atoms with Crippen LogP contribution < -0.4 is 5.32 Å². The number of halogens is 2. The highest BCUT2D eigenvalue weighted by molar-refractivity contribution is 9.10. The van der Waals surface area contributed by atoms with Gasteiger partial charge in [-0.15, -0.1) is 0 Å². The third-order valence-electron chi connectivity index (χ3n) is 2.72. The van der Waals surface area contributed by atoms with Crippen molar-refractivity contribution in [1.29, 1.82) is 0 Å². The minimum absolute atomic E-state index is 0.0665. The molecule has 1 saturated heterocycles. The molecule has 92 valence electrons. The Hall–Kier alpha value is -0.940. The monoisotopic (exact) mass is 301 g/mol. The summed E-state index contributed by atoms with van der Waals surface area (Å²) in [6, 6.07) is 4.41. The van der Waals surface area contributed by atoms with Crippen LogP contribution in [0.4, 0.5) is 10.1 Å². The van der Waals surface area contributed by atoms with E-state index < -0.39 is 0 Å².